The molecule has 0 unspecified atom stereocenters. The van der Waals surface area contributed by atoms with Crippen LogP contribution >= 0.6 is 0 Å². The van der Waals surface area contributed by atoms with Crippen LogP contribution in [-0.2, 0) is 16.1 Å². The molecule has 0 atom stereocenters. The first kappa shape index (κ1) is 19.3. The van der Waals surface area contributed by atoms with E-state index >= 15 is 0 Å². The van der Waals surface area contributed by atoms with Gasteiger partial charge in [0.1, 0.15) is 0 Å². The highest BCUT2D eigenvalue weighted by atomic mass is 16.5. The molecular weight excluding hydrogens is 330 g/mol. The third-order valence-corrected chi connectivity index (χ3v) is 3.90. The zero-order chi connectivity index (χ0) is 19.1. The van der Waals surface area contributed by atoms with Gasteiger partial charge in [0.05, 0.1) is 5.56 Å². The van der Waals surface area contributed by atoms with Crippen LogP contribution in [-0.4, -0.2) is 46.7 Å². The van der Waals surface area contributed by atoms with E-state index in [4.69, 9.17) is 4.74 Å². The number of amides is 1. The average Bonchev–Trinajstić information content (AvgIpc) is 2.64. The van der Waals surface area contributed by atoms with Crippen molar-refractivity contribution in [2.45, 2.75) is 6.54 Å². The smallest absolute Gasteiger partial charge is 0.338 e. The molecule has 0 saturated heterocycles. The molecule has 2 aromatic rings. The van der Waals surface area contributed by atoms with E-state index in [2.05, 4.69) is 5.32 Å². The second-order valence-electron chi connectivity index (χ2n) is 6.36. The Labute approximate surface area is 154 Å². The first-order valence-electron chi connectivity index (χ1n) is 8.34. The molecule has 0 spiro atoms. The van der Waals surface area contributed by atoms with Crippen LogP contribution in [0.4, 0.5) is 11.4 Å². The van der Waals surface area contributed by atoms with Gasteiger partial charge in [0, 0.05) is 46.1 Å². The number of anilines is 2. The first-order chi connectivity index (χ1) is 12.4. The van der Waals surface area contributed by atoms with Gasteiger partial charge in [-0.15, -0.1) is 0 Å². The lowest BCUT2D eigenvalue weighted by Gasteiger charge is -2.13. The van der Waals surface area contributed by atoms with Crippen LogP contribution in [0.25, 0.3) is 0 Å². The second kappa shape index (κ2) is 8.89. The molecule has 0 aliphatic heterocycles. The maximum Gasteiger partial charge on any atom is 0.338 e. The van der Waals surface area contributed by atoms with Gasteiger partial charge in [-0.1, -0.05) is 12.1 Å². The number of benzene rings is 2. The van der Waals surface area contributed by atoms with Gasteiger partial charge in [-0.05, 0) is 42.0 Å². The Hall–Kier alpha value is -3.02. The Balaban J connectivity index is 1.78. The molecule has 26 heavy (non-hydrogen) atoms. The van der Waals surface area contributed by atoms with Crippen molar-refractivity contribution in [3.8, 4) is 0 Å². The zero-order valence-electron chi connectivity index (χ0n) is 15.7. The number of esters is 1. The fourth-order valence-electron chi connectivity index (χ4n) is 2.27. The summed E-state index contributed by atoms with van der Waals surface area (Å²) in [7, 11) is 7.79. The summed E-state index contributed by atoms with van der Waals surface area (Å²) in [6, 6.07) is 14.9. The van der Waals surface area contributed by atoms with Gasteiger partial charge in [0.2, 0.25) is 0 Å². The van der Waals surface area contributed by atoms with E-state index in [9.17, 15) is 9.59 Å². The van der Waals surface area contributed by atoms with Gasteiger partial charge in [0.15, 0.2) is 6.61 Å². The molecule has 138 valence electrons. The highest BCUT2D eigenvalue weighted by molar-refractivity contribution is 5.91. The quantitative estimate of drug-likeness (QED) is 0.772. The summed E-state index contributed by atoms with van der Waals surface area (Å²) in [6.45, 7) is 0.0890. The molecule has 0 heterocycles. The Morgan fingerprint density at radius 3 is 1.85 bits per heavy atom. The van der Waals surface area contributed by atoms with Crippen molar-refractivity contribution in [3.05, 3.63) is 59.7 Å². The number of rotatable bonds is 7. The molecule has 1 N–H and O–H groups in total. The molecule has 0 saturated carbocycles. The highest BCUT2D eigenvalue weighted by Gasteiger charge is 2.10. The van der Waals surface area contributed by atoms with Crippen LogP contribution < -0.4 is 15.1 Å². The molecule has 1 amide bonds. The Morgan fingerprint density at radius 1 is 0.846 bits per heavy atom. The number of carbonyl (C=O) groups is 2. The van der Waals surface area contributed by atoms with Gasteiger partial charge < -0.3 is 19.9 Å². The predicted octanol–water partition coefficient (Wildman–Crippen LogP) is 2.29. The minimum Gasteiger partial charge on any atom is -0.452 e. The summed E-state index contributed by atoms with van der Waals surface area (Å²) in [5.74, 6) is -0.847. The molecule has 6 heteroatoms. The van der Waals surface area contributed by atoms with Gasteiger partial charge in [-0.3, -0.25) is 4.79 Å². The van der Waals surface area contributed by atoms with Crippen LogP contribution in [0.3, 0.4) is 0 Å². The van der Waals surface area contributed by atoms with E-state index in [1.807, 2.05) is 74.4 Å². The van der Waals surface area contributed by atoms with Crippen molar-refractivity contribution in [1.29, 1.82) is 0 Å². The van der Waals surface area contributed by atoms with Crippen molar-refractivity contribution in [3.63, 3.8) is 0 Å². The number of nitrogens with zero attached hydrogens (tertiary/aromatic N) is 2. The average molecular weight is 355 g/mol. The Morgan fingerprint density at radius 2 is 1.35 bits per heavy atom. The van der Waals surface area contributed by atoms with Crippen LogP contribution in [0.1, 0.15) is 15.9 Å². The number of ether oxygens (including phenoxy) is 1. The van der Waals surface area contributed by atoms with Crippen molar-refractivity contribution in [2.24, 2.45) is 0 Å². The maximum atomic E-state index is 12.0. The van der Waals surface area contributed by atoms with Crippen LogP contribution in [0.2, 0.25) is 0 Å². The van der Waals surface area contributed by atoms with Gasteiger partial charge in [0.25, 0.3) is 5.91 Å². The van der Waals surface area contributed by atoms with Crippen molar-refractivity contribution in [2.75, 3.05) is 44.6 Å². The van der Waals surface area contributed by atoms with E-state index in [0.29, 0.717) is 12.1 Å². The first-order valence-corrected chi connectivity index (χ1v) is 8.34. The number of hydrogen-bond acceptors (Lipinski definition) is 5. The SMILES string of the molecule is CN(C)c1ccc(CNC(=O)COC(=O)c2ccc(N(C)C)cc2)cc1. The molecule has 0 aliphatic rings. The second-order valence-corrected chi connectivity index (χ2v) is 6.36. The summed E-state index contributed by atoms with van der Waals surface area (Å²) in [4.78, 5) is 27.8. The maximum absolute atomic E-state index is 12.0. The molecule has 0 bridgehead atoms. The van der Waals surface area contributed by atoms with E-state index in [1.165, 1.54) is 0 Å². The molecule has 0 radical (unpaired) electrons. The van der Waals surface area contributed by atoms with Crippen molar-refractivity contribution < 1.29 is 14.3 Å². The predicted molar refractivity (Wildman–Crippen MR) is 104 cm³/mol. The Kier molecular flexibility index (Phi) is 6.60. The lowest BCUT2D eigenvalue weighted by molar-refractivity contribution is -0.124. The number of nitrogens with one attached hydrogen (secondary N) is 1. The largest absolute Gasteiger partial charge is 0.452 e. The van der Waals surface area contributed by atoms with Crippen molar-refractivity contribution >= 4 is 23.3 Å². The standard InChI is InChI=1S/C20H25N3O3/c1-22(2)17-9-5-15(6-10-17)13-21-19(24)14-26-20(25)16-7-11-18(12-8-16)23(3)4/h5-12H,13-14H2,1-4H3,(H,21,24). The number of carbonyl (C=O) groups excluding carboxylic acids is 2. The van der Waals surface area contributed by atoms with Gasteiger partial charge in [-0.2, -0.15) is 0 Å². The summed E-state index contributed by atoms with van der Waals surface area (Å²) in [6.07, 6.45) is 0. The summed E-state index contributed by atoms with van der Waals surface area (Å²) >= 11 is 0. The molecule has 6 nitrogen and oxygen atoms in total. The van der Waals surface area contributed by atoms with Gasteiger partial charge >= 0.3 is 5.97 Å². The minimum absolute atomic E-state index is 0.302. The van der Waals surface area contributed by atoms with E-state index in [0.717, 1.165) is 16.9 Å². The van der Waals surface area contributed by atoms with E-state index < -0.39 is 5.97 Å². The fourth-order valence-corrected chi connectivity index (χ4v) is 2.27. The van der Waals surface area contributed by atoms with E-state index in [1.54, 1.807) is 12.1 Å². The van der Waals surface area contributed by atoms with Crippen molar-refractivity contribution in [1.82, 2.24) is 5.32 Å². The molecule has 2 aromatic carbocycles. The third-order valence-electron chi connectivity index (χ3n) is 3.90. The molecule has 2 rings (SSSR count). The molecule has 0 aliphatic carbocycles. The van der Waals surface area contributed by atoms with Crippen LogP contribution in [0.15, 0.2) is 48.5 Å². The topological polar surface area (TPSA) is 61.9 Å². The van der Waals surface area contributed by atoms with Gasteiger partial charge in [-0.25, -0.2) is 4.79 Å². The lowest BCUT2D eigenvalue weighted by Crippen LogP contribution is -2.28. The number of hydrogen-bond donors (Lipinski definition) is 1. The van der Waals surface area contributed by atoms with Crippen LogP contribution in [0.5, 0.6) is 0 Å². The summed E-state index contributed by atoms with van der Waals surface area (Å²) < 4.78 is 5.06. The Bertz CT molecular complexity index is 738. The van der Waals surface area contributed by atoms with Crippen LogP contribution in [0, 0.1) is 0 Å². The zero-order valence-corrected chi connectivity index (χ0v) is 15.7. The monoisotopic (exact) mass is 355 g/mol. The normalized spacial score (nSPS) is 10.2. The molecular formula is C20H25N3O3. The summed E-state index contributed by atoms with van der Waals surface area (Å²) in [5.41, 5.74) is 3.48. The fraction of sp³-hybridized carbons (Fsp3) is 0.300. The third kappa shape index (κ3) is 5.51. The minimum atomic E-state index is -0.513. The van der Waals surface area contributed by atoms with E-state index in [-0.39, 0.29) is 12.5 Å². The highest BCUT2D eigenvalue weighted by Crippen LogP contribution is 2.13. The summed E-state index contributed by atoms with van der Waals surface area (Å²) in [5, 5.41) is 2.74. The molecule has 0 aromatic heterocycles. The molecule has 0 fully saturated rings. The lowest BCUT2D eigenvalue weighted by atomic mass is 10.2.